The van der Waals surface area contributed by atoms with Crippen LogP contribution in [0.25, 0.3) is 0 Å². The monoisotopic (exact) mass is 280 g/mol. The summed E-state index contributed by atoms with van der Waals surface area (Å²) in [5.41, 5.74) is 0. The first-order valence-electron chi connectivity index (χ1n) is 3.89. The Morgan fingerprint density at radius 3 is 0.706 bits per heavy atom. The van der Waals surface area contributed by atoms with E-state index in [2.05, 4.69) is 0 Å². The lowest BCUT2D eigenvalue weighted by Gasteiger charge is -2.37. The smallest absolute Gasteiger partial charge is 0.200 e. The van der Waals surface area contributed by atoms with E-state index in [0.29, 0.717) is 0 Å². The summed E-state index contributed by atoms with van der Waals surface area (Å²) in [5, 5.41) is 0. The lowest BCUT2D eigenvalue weighted by atomic mass is 9.96. The second-order valence-electron chi connectivity index (χ2n) is 3.50. The zero-order valence-electron chi connectivity index (χ0n) is 8.28. The maximum Gasteiger partial charge on any atom is 0.384 e. The third-order valence-electron chi connectivity index (χ3n) is 1.89. The van der Waals surface area contributed by atoms with Crippen LogP contribution >= 0.6 is 0 Å². The van der Waals surface area contributed by atoms with Gasteiger partial charge in [-0.3, -0.25) is 0 Å². The molecule has 0 radical (unpaired) electrons. The molecule has 0 unspecified atom stereocenters. The zero-order chi connectivity index (χ0) is 14.5. The van der Waals surface area contributed by atoms with Gasteiger partial charge in [-0.15, -0.1) is 0 Å². The molecule has 0 saturated heterocycles. The molecule has 0 aromatic heterocycles. The van der Waals surface area contributed by atoms with Crippen LogP contribution in [0, 0.1) is 0 Å². The maximum atomic E-state index is 12.5. The second-order valence-corrected chi connectivity index (χ2v) is 3.50. The van der Waals surface area contributed by atoms with E-state index in [-0.39, 0.29) is 0 Å². The Bertz CT molecular complexity index is 252. The van der Waals surface area contributed by atoms with Gasteiger partial charge in [-0.1, -0.05) is 0 Å². The highest BCUT2D eigenvalue weighted by Gasteiger charge is 2.84. The minimum atomic E-state index is -6.91. The highest BCUT2D eigenvalue weighted by molar-refractivity contribution is 5.06. The van der Waals surface area contributed by atoms with Gasteiger partial charge in [-0.25, -0.2) is 0 Å². The summed E-state index contributed by atoms with van der Waals surface area (Å²) >= 11 is 0. The van der Waals surface area contributed by atoms with Crippen molar-refractivity contribution in [2.45, 2.75) is 43.5 Å². The van der Waals surface area contributed by atoms with Crippen molar-refractivity contribution in [1.82, 2.24) is 0 Å². The van der Waals surface area contributed by atoms with E-state index in [9.17, 15) is 43.9 Å². The molecule has 0 N–H and O–H groups in total. The van der Waals surface area contributed by atoms with Gasteiger partial charge in [0, 0.05) is 13.8 Å². The van der Waals surface area contributed by atoms with Crippen LogP contribution in [-0.4, -0.2) is 29.6 Å². The standard InChI is InChI=1S/C7H6F10/c1-3(8,9)5(12,13)7(16,17)6(14,15)4(2,10)11/h1-2H3. The van der Waals surface area contributed by atoms with Crippen molar-refractivity contribution in [1.29, 1.82) is 0 Å². The minimum absolute atomic E-state index is 0.773. The number of hydrogen-bond acceptors (Lipinski definition) is 0. The van der Waals surface area contributed by atoms with Gasteiger partial charge in [0.15, 0.2) is 0 Å². The lowest BCUT2D eigenvalue weighted by Crippen LogP contribution is -2.66. The molecule has 0 rings (SSSR count). The Balaban J connectivity index is 5.73. The van der Waals surface area contributed by atoms with E-state index < -0.39 is 43.5 Å². The van der Waals surface area contributed by atoms with Gasteiger partial charge in [0.1, 0.15) is 0 Å². The normalized spacial score (nSPS) is 16.2. The molecule has 0 atom stereocenters. The third-order valence-corrected chi connectivity index (χ3v) is 1.89. The van der Waals surface area contributed by atoms with Crippen molar-refractivity contribution >= 4 is 0 Å². The van der Waals surface area contributed by atoms with Crippen LogP contribution in [0.4, 0.5) is 43.9 Å². The summed E-state index contributed by atoms with van der Waals surface area (Å²) in [5.74, 6) is -31.3. The van der Waals surface area contributed by atoms with E-state index in [1.54, 1.807) is 0 Å². The molecule has 0 aromatic carbocycles. The molecule has 0 bridgehead atoms. The zero-order valence-corrected chi connectivity index (χ0v) is 8.28. The van der Waals surface area contributed by atoms with E-state index in [4.69, 9.17) is 0 Å². The van der Waals surface area contributed by atoms with Crippen molar-refractivity contribution in [3.05, 3.63) is 0 Å². The Hall–Kier alpha value is -0.700. The van der Waals surface area contributed by atoms with Gasteiger partial charge in [0.05, 0.1) is 0 Å². The van der Waals surface area contributed by atoms with Crippen LogP contribution in [0.1, 0.15) is 13.8 Å². The maximum absolute atomic E-state index is 12.5. The van der Waals surface area contributed by atoms with Crippen LogP contribution in [0.3, 0.4) is 0 Å². The summed E-state index contributed by atoms with van der Waals surface area (Å²) < 4.78 is 123. The summed E-state index contributed by atoms with van der Waals surface area (Å²) in [7, 11) is 0. The van der Waals surface area contributed by atoms with Crippen molar-refractivity contribution in [3.63, 3.8) is 0 Å². The first-order valence-corrected chi connectivity index (χ1v) is 3.89. The van der Waals surface area contributed by atoms with Crippen molar-refractivity contribution in [2.24, 2.45) is 0 Å². The molecule has 0 amide bonds. The number of halogens is 10. The fourth-order valence-corrected chi connectivity index (χ4v) is 0.749. The van der Waals surface area contributed by atoms with Gasteiger partial charge < -0.3 is 0 Å². The molecule has 0 saturated carbocycles. The van der Waals surface area contributed by atoms with Gasteiger partial charge >= 0.3 is 29.6 Å². The van der Waals surface area contributed by atoms with Crippen molar-refractivity contribution in [2.75, 3.05) is 0 Å². The summed E-state index contributed by atoms with van der Waals surface area (Å²) in [6, 6.07) is 0. The van der Waals surface area contributed by atoms with Crippen LogP contribution in [0.2, 0.25) is 0 Å². The highest BCUT2D eigenvalue weighted by atomic mass is 19.4. The average Bonchev–Trinajstić information content (AvgIpc) is 1.98. The van der Waals surface area contributed by atoms with Gasteiger partial charge in [-0.2, -0.15) is 43.9 Å². The predicted octanol–water partition coefficient (Wildman–Crippen LogP) is 4.20. The topological polar surface area (TPSA) is 0 Å². The molecular weight excluding hydrogens is 274 g/mol. The van der Waals surface area contributed by atoms with E-state index >= 15 is 0 Å². The third kappa shape index (κ3) is 2.17. The van der Waals surface area contributed by atoms with E-state index in [1.807, 2.05) is 0 Å². The number of alkyl halides is 10. The largest absolute Gasteiger partial charge is 0.384 e. The molecule has 10 heteroatoms. The molecule has 0 nitrogen and oxygen atoms in total. The molecule has 0 aliphatic rings. The Morgan fingerprint density at radius 1 is 0.412 bits per heavy atom. The van der Waals surface area contributed by atoms with Crippen LogP contribution in [-0.2, 0) is 0 Å². The summed E-state index contributed by atoms with van der Waals surface area (Å²) in [4.78, 5) is 0. The van der Waals surface area contributed by atoms with Crippen molar-refractivity contribution in [3.8, 4) is 0 Å². The molecule has 104 valence electrons. The molecule has 17 heavy (non-hydrogen) atoms. The van der Waals surface area contributed by atoms with Gasteiger partial charge in [-0.05, 0) is 0 Å². The molecule has 0 aliphatic carbocycles. The second kappa shape index (κ2) is 3.64. The molecular formula is C7H6F10. The minimum Gasteiger partial charge on any atom is -0.200 e. The first kappa shape index (κ1) is 16.3. The first-order chi connectivity index (χ1) is 7.00. The van der Waals surface area contributed by atoms with Crippen LogP contribution < -0.4 is 0 Å². The summed E-state index contributed by atoms with van der Waals surface area (Å²) in [6.45, 7) is -1.55. The Labute approximate surface area is 88.6 Å². The average molecular weight is 280 g/mol. The Kier molecular flexibility index (Phi) is 3.49. The van der Waals surface area contributed by atoms with Crippen molar-refractivity contribution < 1.29 is 43.9 Å². The fraction of sp³-hybridized carbons (Fsp3) is 1.00. The molecule has 0 aromatic rings. The quantitative estimate of drug-likeness (QED) is 0.677. The SMILES string of the molecule is CC(F)(F)C(F)(F)C(F)(F)C(F)(F)C(C)(F)F. The van der Waals surface area contributed by atoms with E-state index in [1.165, 1.54) is 0 Å². The lowest BCUT2D eigenvalue weighted by molar-refractivity contribution is -0.396. The number of hydrogen-bond donors (Lipinski definition) is 0. The molecule has 0 aliphatic heterocycles. The predicted molar refractivity (Wildman–Crippen MR) is 36.1 cm³/mol. The van der Waals surface area contributed by atoms with E-state index in [0.717, 1.165) is 0 Å². The molecule has 0 fully saturated rings. The Morgan fingerprint density at radius 2 is 0.588 bits per heavy atom. The van der Waals surface area contributed by atoms with Crippen LogP contribution in [0.5, 0.6) is 0 Å². The molecule has 0 heterocycles. The fourth-order valence-electron chi connectivity index (χ4n) is 0.749. The van der Waals surface area contributed by atoms with Gasteiger partial charge in [0.25, 0.3) is 0 Å². The highest BCUT2D eigenvalue weighted by Crippen LogP contribution is 2.56. The van der Waals surface area contributed by atoms with Crippen LogP contribution in [0.15, 0.2) is 0 Å². The van der Waals surface area contributed by atoms with Gasteiger partial charge in [0.2, 0.25) is 0 Å². The summed E-state index contributed by atoms with van der Waals surface area (Å²) in [6.07, 6.45) is 0. The number of rotatable bonds is 4. The molecule has 0 spiro atoms.